The van der Waals surface area contributed by atoms with Crippen LogP contribution in [0.3, 0.4) is 0 Å². The first kappa shape index (κ1) is 17.8. The van der Waals surface area contributed by atoms with Crippen LogP contribution in [0.25, 0.3) is 0 Å². The number of benzene rings is 2. The summed E-state index contributed by atoms with van der Waals surface area (Å²) in [7, 11) is 1.64. The van der Waals surface area contributed by atoms with E-state index in [0.29, 0.717) is 5.75 Å². The first-order chi connectivity index (χ1) is 11.1. The molecule has 0 saturated heterocycles. The van der Waals surface area contributed by atoms with Gasteiger partial charge in [-0.2, -0.15) is 0 Å². The number of nitrogens with one attached hydrogen (secondary N) is 1. The topological polar surface area (TPSA) is 38.3 Å². The Kier molecular flexibility index (Phi) is 6.86. The lowest BCUT2D eigenvalue weighted by molar-refractivity contribution is -0.119. The van der Waals surface area contributed by atoms with Crippen LogP contribution in [0.1, 0.15) is 18.5 Å². The van der Waals surface area contributed by atoms with Gasteiger partial charge in [-0.3, -0.25) is 4.79 Å². The molecule has 0 aliphatic heterocycles. The number of hydrogen-bond donors (Lipinski definition) is 1. The summed E-state index contributed by atoms with van der Waals surface area (Å²) in [5.74, 6) is 1.22. The number of ether oxygens (including phenoxy) is 1. The molecule has 1 N–H and O–H groups in total. The van der Waals surface area contributed by atoms with Gasteiger partial charge in [-0.05, 0) is 49.1 Å². The molecule has 0 radical (unpaired) electrons. The molecule has 0 saturated carbocycles. The average Bonchev–Trinajstić information content (AvgIpc) is 2.60. The Morgan fingerprint density at radius 2 is 1.91 bits per heavy atom. The molecule has 0 aliphatic rings. The fourth-order valence-corrected chi connectivity index (χ4v) is 3.26. The fraction of sp³-hybridized carbons (Fsp3) is 0.278. The Bertz CT molecular complexity index is 644. The summed E-state index contributed by atoms with van der Waals surface area (Å²) in [5.41, 5.74) is 1.11. The Balaban J connectivity index is 1.85. The molecule has 3 nitrogen and oxygen atoms in total. The Morgan fingerprint density at radius 3 is 2.57 bits per heavy atom. The highest BCUT2D eigenvalue weighted by Crippen LogP contribution is 2.23. The predicted molar refractivity (Wildman–Crippen MR) is 98.5 cm³/mol. The summed E-state index contributed by atoms with van der Waals surface area (Å²) in [6, 6.07) is 16.0. The van der Waals surface area contributed by atoms with Gasteiger partial charge in [-0.1, -0.05) is 18.2 Å². The van der Waals surface area contributed by atoms with E-state index in [-0.39, 0.29) is 11.9 Å². The number of hydrogen-bond acceptors (Lipinski definition) is 4. The number of rotatable bonds is 7. The summed E-state index contributed by atoms with van der Waals surface area (Å²) >= 11 is 3.22. The van der Waals surface area contributed by atoms with Gasteiger partial charge in [0.1, 0.15) is 5.75 Å². The van der Waals surface area contributed by atoms with E-state index < -0.39 is 0 Å². The molecule has 1 atom stereocenters. The van der Waals surface area contributed by atoms with Gasteiger partial charge in [0, 0.05) is 9.79 Å². The van der Waals surface area contributed by atoms with Gasteiger partial charge in [0.05, 0.1) is 18.9 Å². The number of amides is 1. The van der Waals surface area contributed by atoms with Crippen molar-refractivity contribution in [2.75, 3.05) is 19.1 Å². The molecule has 122 valence electrons. The molecule has 0 spiro atoms. The molecule has 0 fully saturated rings. The van der Waals surface area contributed by atoms with E-state index in [1.54, 1.807) is 18.9 Å². The molecular weight excluding hydrogens is 326 g/mol. The SMILES string of the molecule is COc1cccc(SCC(=O)N[C@@H](C)c2ccc(SC)cc2)c1. The number of carbonyl (C=O) groups excluding carboxylic acids is 1. The van der Waals surface area contributed by atoms with Gasteiger partial charge >= 0.3 is 0 Å². The number of thioether (sulfide) groups is 2. The molecule has 1 amide bonds. The maximum Gasteiger partial charge on any atom is 0.230 e. The van der Waals surface area contributed by atoms with Crippen molar-refractivity contribution in [3.8, 4) is 5.75 Å². The summed E-state index contributed by atoms with van der Waals surface area (Å²) in [5, 5.41) is 3.03. The molecular formula is C18H21NO2S2. The standard InChI is InChI=1S/C18H21NO2S2/c1-13(14-7-9-16(22-3)10-8-14)19-18(20)12-23-17-6-4-5-15(11-17)21-2/h4-11,13H,12H2,1-3H3,(H,19,20)/t13-/m0/s1. The monoisotopic (exact) mass is 347 g/mol. The van der Waals surface area contributed by atoms with Crippen LogP contribution in [-0.2, 0) is 4.79 Å². The summed E-state index contributed by atoms with van der Waals surface area (Å²) in [6.45, 7) is 2.00. The lowest BCUT2D eigenvalue weighted by atomic mass is 10.1. The minimum absolute atomic E-state index is 0.00400. The second-order valence-corrected chi connectivity index (χ2v) is 6.96. The summed E-state index contributed by atoms with van der Waals surface area (Å²) in [6.07, 6.45) is 2.05. The Hall–Kier alpha value is -1.59. The smallest absolute Gasteiger partial charge is 0.230 e. The second kappa shape index (κ2) is 8.89. The molecule has 2 aromatic carbocycles. The van der Waals surface area contributed by atoms with Crippen molar-refractivity contribution >= 4 is 29.4 Å². The molecule has 5 heteroatoms. The van der Waals surface area contributed by atoms with Crippen molar-refractivity contribution in [2.45, 2.75) is 22.8 Å². The lowest BCUT2D eigenvalue weighted by Gasteiger charge is -2.14. The number of carbonyl (C=O) groups is 1. The van der Waals surface area contributed by atoms with Crippen molar-refractivity contribution < 1.29 is 9.53 Å². The normalized spacial score (nSPS) is 11.8. The van der Waals surface area contributed by atoms with E-state index >= 15 is 0 Å². The largest absolute Gasteiger partial charge is 0.497 e. The molecule has 2 rings (SSSR count). The van der Waals surface area contributed by atoms with Crippen LogP contribution >= 0.6 is 23.5 Å². The molecule has 23 heavy (non-hydrogen) atoms. The summed E-state index contributed by atoms with van der Waals surface area (Å²) < 4.78 is 5.19. The third-order valence-corrected chi connectivity index (χ3v) is 5.14. The van der Waals surface area contributed by atoms with Crippen LogP contribution in [0.5, 0.6) is 5.75 Å². The third kappa shape index (κ3) is 5.52. The highest BCUT2D eigenvalue weighted by Gasteiger charge is 2.10. The minimum atomic E-state index is 0.00400. The van der Waals surface area contributed by atoms with E-state index in [9.17, 15) is 4.79 Å². The number of methoxy groups -OCH3 is 1. The quantitative estimate of drug-likeness (QED) is 0.754. The van der Waals surface area contributed by atoms with Gasteiger partial charge in [0.25, 0.3) is 0 Å². The van der Waals surface area contributed by atoms with Crippen molar-refractivity contribution in [2.24, 2.45) is 0 Å². The molecule has 0 aromatic heterocycles. The van der Waals surface area contributed by atoms with Crippen LogP contribution in [0.4, 0.5) is 0 Å². The Labute approximate surface area is 146 Å². The minimum Gasteiger partial charge on any atom is -0.497 e. The average molecular weight is 348 g/mol. The zero-order valence-corrected chi connectivity index (χ0v) is 15.2. The molecule has 0 aliphatic carbocycles. The van der Waals surface area contributed by atoms with E-state index in [4.69, 9.17) is 4.74 Å². The fourth-order valence-electron chi connectivity index (χ4n) is 2.10. The highest BCUT2D eigenvalue weighted by molar-refractivity contribution is 8.00. The van der Waals surface area contributed by atoms with Gasteiger partial charge in [0.15, 0.2) is 0 Å². The van der Waals surface area contributed by atoms with E-state index in [2.05, 4.69) is 35.8 Å². The van der Waals surface area contributed by atoms with Crippen LogP contribution < -0.4 is 10.1 Å². The van der Waals surface area contributed by atoms with E-state index in [1.807, 2.05) is 31.2 Å². The maximum atomic E-state index is 12.1. The third-order valence-electron chi connectivity index (χ3n) is 3.40. The van der Waals surface area contributed by atoms with Crippen LogP contribution in [0.2, 0.25) is 0 Å². The van der Waals surface area contributed by atoms with Crippen LogP contribution in [0, 0.1) is 0 Å². The van der Waals surface area contributed by atoms with Gasteiger partial charge in [0.2, 0.25) is 5.91 Å². The van der Waals surface area contributed by atoms with Crippen molar-refractivity contribution in [1.82, 2.24) is 5.32 Å². The van der Waals surface area contributed by atoms with Gasteiger partial charge in [-0.15, -0.1) is 23.5 Å². The van der Waals surface area contributed by atoms with Crippen LogP contribution in [-0.4, -0.2) is 25.0 Å². The predicted octanol–water partition coefficient (Wildman–Crippen LogP) is 4.39. The van der Waals surface area contributed by atoms with Crippen LogP contribution in [0.15, 0.2) is 58.3 Å². The summed E-state index contributed by atoms with van der Waals surface area (Å²) in [4.78, 5) is 14.4. The lowest BCUT2D eigenvalue weighted by Crippen LogP contribution is -2.28. The van der Waals surface area contributed by atoms with Gasteiger partial charge in [-0.25, -0.2) is 0 Å². The maximum absolute atomic E-state index is 12.1. The van der Waals surface area contributed by atoms with E-state index in [0.717, 1.165) is 16.2 Å². The molecule has 0 bridgehead atoms. The van der Waals surface area contributed by atoms with Gasteiger partial charge < -0.3 is 10.1 Å². The van der Waals surface area contributed by atoms with E-state index in [1.165, 1.54) is 16.7 Å². The highest BCUT2D eigenvalue weighted by atomic mass is 32.2. The molecule has 0 heterocycles. The second-order valence-electron chi connectivity index (χ2n) is 5.03. The Morgan fingerprint density at radius 1 is 1.17 bits per heavy atom. The van der Waals surface area contributed by atoms with Crippen molar-refractivity contribution in [3.05, 3.63) is 54.1 Å². The first-order valence-electron chi connectivity index (χ1n) is 7.32. The first-order valence-corrected chi connectivity index (χ1v) is 9.53. The van der Waals surface area contributed by atoms with Crippen molar-refractivity contribution in [1.29, 1.82) is 0 Å². The zero-order valence-electron chi connectivity index (χ0n) is 13.5. The zero-order chi connectivity index (χ0) is 16.7. The molecule has 2 aromatic rings. The molecule has 0 unspecified atom stereocenters. The van der Waals surface area contributed by atoms with Crippen molar-refractivity contribution in [3.63, 3.8) is 0 Å².